The lowest BCUT2D eigenvalue weighted by Crippen LogP contribution is -2.50. The fourth-order valence-corrected chi connectivity index (χ4v) is 6.51. The molecule has 0 saturated carbocycles. The van der Waals surface area contributed by atoms with Gasteiger partial charge >= 0.3 is 0 Å². The molecule has 1 fully saturated rings. The second kappa shape index (κ2) is 6.02. The molecule has 10 heteroatoms. The van der Waals surface area contributed by atoms with E-state index in [4.69, 9.17) is 0 Å². The highest BCUT2D eigenvalue weighted by Crippen LogP contribution is 2.24. The number of sulfonamides is 2. The van der Waals surface area contributed by atoms with Crippen LogP contribution in [0.2, 0.25) is 0 Å². The molecule has 3 heterocycles. The van der Waals surface area contributed by atoms with Crippen LogP contribution in [-0.4, -0.2) is 56.2 Å². The number of hydrogen-bond acceptors (Lipinski definition) is 5. The molecule has 0 atom stereocenters. The van der Waals surface area contributed by atoms with Crippen molar-refractivity contribution in [3.8, 4) is 0 Å². The largest absolute Gasteiger partial charge is 0.356 e. The Labute approximate surface area is 139 Å². The summed E-state index contributed by atoms with van der Waals surface area (Å²) in [7, 11) is -5.34. The lowest BCUT2D eigenvalue weighted by Gasteiger charge is -2.32. The first-order valence-electron chi connectivity index (χ1n) is 6.97. The minimum Gasteiger partial charge on any atom is -0.356 e. The van der Waals surface area contributed by atoms with Gasteiger partial charge in [-0.3, -0.25) is 0 Å². The number of rotatable bonds is 4. The molecule has 1 aliphatic rings. The van der Waals surface area contributed by atoms with Crippen LogP contribution >= 0.6 is 11.3 Å². The van der Waals surface area contributed by atoms with Gasteiger partial charge in [0.25, 0.3) is 10.0 Å². The van der Waals surface area contributed by atoms with Gasteiger partial charge in [0.15, 0.2) is 0 Å². The summed E-state index contributed by atoms with van der Waals surface area (Å²) >= 11 is 1.17. The molecule has 0 bridgehead atoms. The second-order valence-corrected chi connectivity index (χ2v) is 10.3. The minimum atomic E-state index is -3.57. The predicted octanol–water partition coefficient (Wildman–Crippen LogP) is 0.782. The summed E-state index contributed by atoms with van der Waals surface area (Å²) in [5, 5.41) is 1.71. The maximum atomic E-state index is 12.5. The molecule has 23 heavy (non-hydrogen) atoms. The molecule has 7 nitrogen and oxygen atoms in total. The highest BCUT2D eigenvalue weighted by Gasteiger charge is 2.34. The van der Waals surface area contributed by atoms with Crippen LogP contribution in [0, 0.1) is 0 Å². The van der Waals surface area contributed by atoms with Crippen molar-refractivity contribution in [1.29, 1.82) is 0 Å². The Balaban J connectivity index is 1.74. The molecule has 0 radical (unpaired) electrons. The summed E-state index contributed by atoms with van der Waals surface area (Å²) in [6.45, 7) is 0.627. The van der Waals surface area contributed by atoms with Crippen molar-refractivity contribution in [1.82, 2.24) is 13.2 Å². The second-order valence-electron chi connectivity index (χ2n) is 5.25. The van der Waals surface area contributed by atoms with Crippen LogP contribution in [0.1, 0.15) is 0 Å². The van der Waals surface area contributed by atoms with E-state index < -0.39 is 20.0 Å². The van der Waals surface area contributed by atoms with Crippen LogP contribution in [0.3, 0.4) is 0 Å². The van der Waals surface area contributed by atoms with Crippen molar-refractivity contribution in [3.05, 3.63) is 36.0 Å². The Morgan fingerprint density at radius 3 is 2.04 bits per heavy atom. The number of nitrogens with zero attached hydrogens (tertiary/aromatic N) is 3. The van der Waals surface area contributed by atoms with Gasteiger partial charge in [-0.25, -0.2) is 16.8 Å². The summed E-state index contributed by atoms with van der Waals surface area (Å²) < 4.78 is 54.6. The first-order chi connectivity index (χ1) is 10.8. The Morgan fingerprint density at radius 1 is 0.957 bits per heavy atom. The Hall–Kier alpha value is -1.20. The zero-order valence-corrected chi connectivity index (χ0v) is 14.9. The van der Waals surface area contributed by atoms with Crippen molar-refractivity contribution >= 4 is 31.4 Å². The van der Waals surface area contributed by atoms with Crippen LogP contribution in [0.4, 0.5) is 0 Å². The van der Waals surface area contributed by atoms with E-state index in [1.807, 2.05) is 0 Å². The third kappa shape index (κ3) is 3.09. The van der Waals surface area contributed by atoms with E-state index >= 15 is 0 Å². The van der Waals surface area contributed by atoms with E-state index in [1.54, 1.807) is 47.6 Å². The molecule has 1 aliphatic heterocycles. The van der Waals surface area contributed by atoms with Crippen LogP contribution in [-0.2, 0) is 27.1 Å². The minimum absolute atomic E-state index is 0.155. The fourth-order valence-electron chi connectivity index (χ4n) is 2.47. The number of thiophene rings is 1. The van der Waals surface area contributed by atoms with Gasteiger partial charge in [0.2, 0.25) is 10.0 Å². The van der Waals surface area contributed by atoms with Crippen LogP contribution < -0.4 is 0 Å². The van der Waals surface area contributed by atoms with Gasteiger partial charge in [0.05, 0.1) is 4.90 Å². The maximum absolute atomic E-state index is 12.5. The van der Waals surface area contributed by atoms with Crippen molar-refractivity contribution in [3.63, 3.8) is 0 Å². The zero-order chi connectivity index (χ0) is 16.7. The SMILES string of the molecule is Cn1ccc(S(=O)(=O)N2CCN(S(=O)(=O)c3cccs3)CC2)c1. The van der Waals surface area contributed by atoms with Gasteiger partial charge in [0.1, 0.15) is 4.21 Å². The van der Waals surface area contributed by atoms with Gasteiger partial charge in [-0.2, -0.15) is 8.61 Å². The molecule has 1 saturated heterocycles. The van der Waals surface area contributed by atoms with Crippen molar-refractivity contribution in [2.45, 2.75) is 9.10 Å². The van der Waals surface area contributed by atoms with E-state index in [9.17, 15) is 16.8 Å². The van der Waals surface area contributed by atoms with Gasteiger partial charge in [-0.15, -0.1) is 11.3 Å². The summed E-state index contributed by atoms with van der Waals surface area (Å²) in [6, 6.07) is 4.80. The number of aromatic nitrogens is 1. The lowest BCUT2D eigenvalue weighted by atomic mass is 10.4. The Morgan fingerprint density at radius 2 is 1.57 bits per heavy atom. The van der Waals surface area contributed by atoms with Crippen LogP contribution in [0.5, 0.6) is 0 Å². The predicted molar refractivity (Wildman–Crippen MR) is 87.2 cm³/mol. The number of piperazine rings is 1. The van der Waals surface area contributed by atoms with E-state index in [0.29, 0.717) is 0 Å². The third-order valence-electron chi connectivity index (χ3n) is 3.73. The first-order valence-corrected chi connectivity index (χ1v) is 10.7. The fraction of sp³-hybridized carbons (Fsp3) is 0.385. The summed E-state index contributed by atoms with van der Waals surface area (Å²) in [5.74, 6) is 0. The molecule has 0 aromatic carbocycles. The van der Waals surface area contributed by atoms with Crippen molar-refractivity contribution < 1.29 is 16.8 Å². The van der Waals surface area contributed by atoms with Gasteiger partial charge < -0.3 is 4.57 Å². The highest BCUT2D eigenvalue weighted by atomic mass is 32.2. The normalized spacial score (nSPS) is 18.3. The van der Waals surface area contributed by atoms with Crippen LogP contribution in [0.15, 0.2) is 45.1 Å². The molecular weight excluding hydrogens is 358 g/mol. The average Bonchev–Trinajstić information content (AvgIpc) is 3.19. The topological polar surface area (TPSA) is 79.7 Å². The lowest BCUT2D eigenvalue weighted by molar-refractivity contribution is 0.273. The van der Waals surface area contributed by atoms with E-state index in [2.05, 4.69) is 0 Å². The quantitative estimate of drug-likeness (QED) is 0.791. The molecule has 0 aliphatic carbocycles. The Kier molecular flexibility index (Phi) is 4.36. The molecule has 2 aromatic heterocycles. The molecule has 0 spiro atoms. The number of hydrogen-bond donors (Lipinski definition) is 0. The van der Waals surface area contributed by atoms with Crippen LogP contribution in [0.25, 0.3) is 0 Å². The average molecular weight is 375 g/mol. The smallest absolute Gasteiger partial charge is 0.252 e. The number of aryl methyl sites for hydroxylation is 1. The van der Waals surface area contributed by atoms with Crippen molar-refractivity contribution in [2.24, 2.45) is 7.05 Å². The molecule has 126 valence electrons. The van der Waals surface area contributed by atoms with Crippen molar-refractivity contribution in [2.75, 3.05) is 26.2 Å². The third-order valence-corrected chi connectivity index (χ3v) is 8.88. The molecule has 0 amide bonds. The molecule has 0 N–H and O–H groups in total. The van der Waals surface area contributed by atoms with Gasteiger partial charge in [-0.05, 0) is 17.5 Å². The van der Waals surface area contributed by atoms with Gasteiger partial charge in [0, 0.05) is 45.6 Å². The molecule has 3 rings (SSSR count). The first kappa shape index (κ1) is 16.7. The standard InChI is InChI=1S/C13H17N3O4S3/c1-14-5-4-12(11-14)22(17,18)15-6-8-16(9-7-15)23(19,20)13-3-2-10-21-13/h2-5,10-11H,6-9H2,1H3. The summed E-state index contributed by atoms with van der Waals surface area (Å²) in [6.07, 6.45) is 3.22. The van der Waals surface area contributed by atoms with Gasteiger partial charge in [-0.1, -0.05) is 6.07 Å². The summed E-state index contributed by atoms with van der Waals surface area (Å²) in [4.78, 5) is 0.231. The maximum Gasteiger partial charge on any atom is 0.252 e. The zero-order valence-electron chi connectivity index (χ0n) is 12.5. The molecular formula is C13H17N3O4S3. The molecule has 2 aromatic rings. The Bertz CT molecular complexity index is 877. The van der Waals surface area contributed by atoms with E-state index in [0.717, 1.165) is 0 Å². The monoisotopic (exact) mass is 375 g/mol. The van der Waals surface area contributed by atoms with E-state index in [1.165, 1.54) is 19.9 Å². The summed E-state index contributed by atoms with van der Waals surface area (Å²) in [5.41, 5.74) is 0. The highest BCUT2D eigenvalue weighted by molar-refractivity contribution is 7.91. The molecule has 0 unspecified atom stereocenters. The van der Waals surface area contributed by atoms with E-state index in [-0.39, 0.29) is 35.3 Å².